The van der Waals surface area contributed by atoms with Crippen LogP contribution in [0.25, 0.3) is 0 Å². The summed E-state index contributed by atoms with van der Waals surface area (Å²) in [6.07, 6.45) is 2.94. The van der Waals surface area contributed by atoms with Gasteiger partial charge in [0.25, 0.3) is 5.91 Å². The van der Waals surface area contributed by atoms with Crippen LogP contribution in [0.4, 0.5) is 0 Å². The number of ether oxygens (including phenoxy) is 1. The summed E-state index contributed by atoms with van der Waals surface area (Å²) in [5, 5.41) is 3.11. The topological polar surface area (TPSA) is 41.6 Å². The first kappa shape index (κ1) is 18.5. The summed E-state index contributed by atoms with van der Waals surface area (Å²) < 4.78 is 5.63. The maximum Gasteiger partial charge on any atom is 0.258 e. The number of amides is 1. The van der Waals surface area contributed by atoms with E-state index in [1.54, 1.807) is 0 Å². The zero-order valence-electron chi connectivity index (χ0n) is 15.5. The minimum Gasteiger partial charge on any atom is -0.484 e. The van der Waals surface area contributed by atoms with Crippen molar-refractivity contribution in [3.63, 3.8) is 0 Å². The predicted molar refractivity (Wildman–Crippen MR) is 104 cm³/mol. The van der Waals surface area contributed by atoms with Crippen molar-refractivity contribution in [1.82, 2.24) is 10.2 Å². The second-order valence-corrected chi connectivity index (χ2v) is 6.89. The number of hydrogen-bond acceptors (Lipinski definition) is 3. The van der Waals surface area contributed by atoms with Crippen molar-refractivity contribution in [1.29, 1.82) is 0 Å². The van der Waals surface area contributed by atoms with E-state index >= 15 is 0 Å². The molecule has 0 atom stereocenters. The molecule has 4 heteroatoms. The molecule has 0 bridgehead atoms. The third-order valence-electron chi connectivity index (χ3n) is 4.88. The number of aryl methyl sites for hydroxylation is 1. The highest BCUT2D eigenvalue weighted by atomic mass is 16.5. The lowest BCUT2D eigenvalue weighted by Crippen LogP contribution is -2.45. The number of benzene rings is 2. The molecule has 1 saturated heterocycles. The minimum atomic E-state index is -0.0339. The monoisotopic (exact) mass is 352 g/mol. The highest BCUT2D eigenvalue weighted by Gasteiger charge is 2.20. The van der Waals surface area contributed by atoms with Gasteiger partial charge in [0, 0.05) is 25.7 Å². The van der Waals surface area contributed by atoms with Gasteiger partial charge >= 0.3 is 0 Å². The molecule has 0 aromatic heterocycles. The number of rotatable bonds is 7. The quantitative estimate of drug-likeness (QED) is 0.830. The van der Waals surface area contributed by atoms with E-state index in [-0.39, 0.29) is 18.6 Å². The first-order valence-corrected chi connectivity index (χ1v) is 9.50. The maximum absolute atomic E-state index is 12.2. The average molecular weight is 352 g/mol. The summed E-state index contributed by atoms with van der Waals surface area (Å²) in [6, 6.07) is 18.7. The highest BCUT2D eigenvalue weighted by Crippen LogP contribution is 2.15. The van der Waals surface area contributed by atoms with Gasteiger partial charge in [-0.25, -0.2) is 0 Å². The van der Waals surface area contributed by atoms with Crippen LogP contribution in [0.1, 0.15) is 30.9 Å². The lowest BCUT2D eigenvalue weighted by Gasteiger charge is -2.32. The zero-order chi connectivity index (χ0) is 18.2. The summed E-state index contributed by atoms with van der Waals surface area (Å²) in [5.74, 6) is 0.727. The van der Waals surface area contributed by atoms with Gasteiger partial charge in [0.15, 0.2) is 6.61 Å². The molecule has 4 nitrogen and oxygen atoms in total. The van der Waals surface area contributed by atoms with Crippen molar-refractivity contribution >= 4 is 5.91 Å². The Morgan fingerprint density at radius 2 is 1.81 bits per heavy atom. The lowest BCUT2D eigenvalue weighted by atomic mass is 10.0. The van der Waals surface area contributed by atoms with Crippen LogP contribution in [-0.2, 0) is 17.8 Å². The van der Waals surface area contributed by atoms with E-state index in [1.165, 1.54) is 11.1 Å². The summed E-state index contributed by atoms with van der Waals surface area (Å²) >= 11 is 0. The third kappa shape index (κ3) is 5.60. The fourth-order valence-electron chi connectivity index (χ4n) is 3.35. The Kier molecular flexibility index (Phi) is 6.67. The van der Waals surface area contributed by atoms with Crippen molar-refractivity contribution in [3.8, 4) is 5.75 Å². The Morgan fingerprint density at radius 3 is 2.54 bits per heavy atom. The van der Waals surface area contributed by atoms with E-state index in [2.05, 4.69) is 47.5 Å². The minimum absolute atomic E-state index is 0.0339. The Balaban J connectivity index is 1.38. The van der Waals surface area contributed by atoms with Crippen LogP contribution in [0.15, 0.2) is 54.6 Å². The first-order valence-electron chi connectivity index (χ1n) is 9.50. The molecule has 1 aliphatic rings. The number of carbonyl (C=O) groups is 1. The molecule has 0 unspecified atom stereocenters. The predicted octanol–water partition coefficient (Wildman–Crippen LogP) is 3.41. The number of carbonyl (C=O) groups excluding carboxylic acids is 1. The van der Waals surface area contributed by atoms with E-state index in [1.807, 2.05) is 24.3 Å². The smallest absolute Gasteiger partial charge is 0.258 e. The van der Waals surface area contributed by atoms with Crippen LogP contribution in [0.2, 0.25) is 0 Å². The summed E-state index contributed by atoms with van der Waals surface area (Å²) in [4.78, 5) is 14.6. The Morgan fingerprint density at radius 1 is 1.08 bits per heavy atom. The number of nitrogens with zero attached hydrogens (tertiary/aromatic N) is 1. The first-order chi connectivity index (χ1) is 12.7. The van der Waals surface area contributed by atoms with E-state index in [4.69, 9.17) is 4.74 Å². The highest BCUT2D eigenvalue weighted by molar-refractivity contribution is 5.77. The van der Waals surface area contributed by atoms with Crippen LogP contribution in [0, 0.1) is 0 Å². The lowest BCUT2D eigenvalue weighted by molar-refractivity contribution is -0.124. The number of likely N-dealkylation sites (tertiary alicyclic amines) is 1. The molecule has 1 amide bonds. The van der Waals surface area contributed by atoms with Gasteiger partial charge in [-0.05, 0) is 42.5 Å². The Hall–Kier alpha value is -2.33. The van der Waals surface area contributed by atoms with Crippen LogP contribution >= 0.6 is 0 Å². The van der Waals surface area contributed by atoms with Crippen molar-refractivity contribution in [2.75, 3.05) is 19.7 Å². The van der Waals surface area contributed by atoms with Gasteiger partial charge in [0.2, 0.25) is 0 Å². The SMILES string of the molecule is CCc1cccc(OCC(=O)NC2CCN(Cc3ccccc3)CC2)c1. The van der Waals surface area contributed by atoms with Gasteiger partial charge in [-0.2, -0.15) is 0 Å². The van der Waals surface area contributed by atoms with Crippen molar-refractivity contribution in [2.45, 2.75) is 38.8 Å². The van der Waals surface area contributed by atoms with Crippen LogP contribution in [-0.4, -0.2) is 36.5 Å². The molecule has 1 N–H and O–H groups in total. The molecule has 26 heavy (non-hydrogen) atoms. The molecule has 2 aromatic carbocycles. The second kappa shape index (κ2) is 9.39. The van der Waals surface area contributed by atoms with Crippen LogP contribution in [0.5, 0.6) is 5.75 Å². The second-order valence-electron chi connectivity index (χ2n) is 6.89. The normalized spacial score (nSPS) is 15.6. The largest absolute Gasteiger partial charge is 0.484 e. The van der Waals surface area contributed by atoms with Crippen molar-refractivity contribution < 1.29 is 9.53 Å². The van der Waals surface area contributed by atoms with E-state index in [0.29, 0.717) is 0 Å². The molecule has 1 fully saturated rings. The number of hydrogen-bond donors (Lipinski definition) is 1. The summed E-state index contributed by atoms with van der Waals surface area (Å²) in [6.45, 7) is 5.20. The van der Waals surface area contributed by atoms with Crippen molar-refractivity contribution in [3.05, 3.63) is 65.7 Å². The molecular weight excluding hydrogens is 324 g/mol. The molecule has 0 spiro atoms. The van der Waals surface area contributed by atoms with Gasteiger partial charge in [0.1, 0.15) is 5.75 Å². The Bertz CT molecular complexity index is 694. The number of nitrogens with one attached hydrogen (secondary N) is 1. The van der Waals surface area contributed by atoms with E-state index < -0.39 is 0 Å². The van der Waals surface area contributed by atoms with Gasteiger partial charge in [-0.1, -0.05) is 49.4 Å². The number of piperidine rings is 1. The van der Waals surface area contributed by atoms with Gasteiger partial charge < -0.3 is 10.1 Å². The molecule has 0 radical (unpaired) electrons. The van der Waals surface area contributed by atoms with Crippen molar-refractivity contribution in [2.24, 2.45) is 0 Å². The molecule has 2 aromatic rings. The molecule has 1 aliphatic heterocycles. The third-order valence-corrected chi connectivity index (χ3v) is 4.88. The average Bonchev–Trinajstić information content (AvgIpc) is 2.69. The fourth-order valence-corrected chi connectivity index (χ4v) is 3.35. The standard InChI is InChI=1S/C22H28N2O2/c1-2-18-9-6-10-21(15-18)26-17-22(25)23-20-11-13-24(14-12-20)16-19-7-4-3-5-8-19/h3-10,15,20H,2,11-14,16-17H2,1H3,(H,23,25). The molecular formula is C22H28N2O2. The van der Waals surface area contributed by atoms with E-state index in [9.17, 15) is 4.79 Å². The fraction of sp³-hybridized carbons (Fsp3) is 0.409. The maximum atomic E-state index is 12.2. The van der Waals surface area contributed by atoms with E-state index in [0.717, 1.165) is 44.6 Å². The molecule has 1 heterocycles. The van der Waals surface area contributed by atoms with Gasteiger partial charge in [-0.15, -0.1) is 0 Å². The summed E-state index contributed by atoms with van der Waals surface area (Å²) in [7, 11) is 0. The zero-order valence-corrected chi connectivity index (χ0v) is 15.5. The van der Waals surface area contributed by atoms with Crippen LogP contribution < -0.4 is 10.1 Å². The molecule has 138 valence electrons. The molecule has 0 aliphatic carbocycles. The molecule has 3 rings (SSSR count). The summed E-state index contributed by atoms with van der Waals surface area (Å²) in [5.41, 5.74) is 2.56. The van der Waals surface area contributed by atoms with Gasteiger partial charge in [-0.3, -0.25) is 9.69 Å². The molecule has 0 saturated carbocycles. The van der Waals surface area contributed by atoms with Crippen LogP contribution in [0.3, 0.4) is 0 Å². The Labute approximate surface area is 156 Å². The van der Waals surface area contributed by atoms with Gasteiger partial charge in [0.05, 0.1) is 0 Å².